The number of hydrogen-bond acceptors (Lipinski definition) is 5. The van der Waals surface area contributed by atoms with Gasteiger partial charge in [-0.05, 0) is 42.0 Å². The van der Waals surface area contributed by atoms with Gasteiger partial charge in [-0.15, -0.1) is 0 Å². The Morgan fingerprint density at radius 3 is 2.31 bits per heavy atom. The zero-order chi connectivity index (χ0) is 25.0. The van der Waals surface area contributed by atoms with Crippen molar-refractivity contribution in [1.29, 1.82) is 0 Å². The number of benzene rings is 2. The molecule has 1 unspecified atom stereocenters. The molecule has 2 aromatic carbocycles. The van der Waals surface area contributed by atoms with Crippen molar-refractivity contribution in [3.05, 3.63) is 59.7 Å². The van der Waals surface area contributed by atoms with E-state index in [-0.39, 0.29) is 30.9 Å². The van der Waals surface area contributed by atoms with Gasteiger partial charge in [0.15, 0.2) is 6.10 Å². The number of amides is 2. The first-order valence-corrected chi connectivity index (χ1v) is 12.1. The summed E-state index contributed by atoms with van der Waals surface area (Å²) in [5, 5.41) is 14.8. The Morgan fingerprint density at radius 2 is 1.71 bits per heavy atom. The van der Waals surface area contributed by atoms with Crippen LogP contribution in [0.15, 0.2) is 48.5 Å². The lowest BCUT2D eigenvalue weighted by molar-refractivity contribution is -0.149. The van der Waals surface area contributed by atoms with Crippen LogP contribution >= 0.6 is 0 Å². The fraction of sp³-hybridized carbons (Fsp3) is 0.444. The summed E-state index contributed by atoms with van der Waals surface area (Å²) in [4.78, 5) is 37.2. The van der Waals surface area contributed by atoms with Gasteiger partial charge in [-0.3, -0.25) is 4.79 Å². The molecule has 1 aliphatic carbocycles. The first-order chi connectivity index (χ1) is 16.8. The third-order valence-electron chi connectivity index (χ3n) is 6.96. The monoisotopic (exact) mass is 480 g/mol. The molecule has 2 aromatic rings. The Balaban J connectivity index is 1.38. The van der Waals surface area contributed by atoms with Crippen molar-refractivity contribution in [1.82, 2.24) is 10.6 Å². The minimum atomic E-state index is -1.19. The van der Waals surface area contributed by atoms with E-state index in [4.69, 9.17) is 9.47 Å². The zero-order valence-electron chi connectivity index (χ0n) is 20.1. The van der Waals surface area contributed by atoms with E-state index in [0.29, 0.717) is 25.9 Å². The summed E-state index contributed by atoms with van der Waals surface area (Å²) < 4.78 is 10.9. The number of alkyl carbamates (subject to hydrolysis) is 1. The van der Waals surface area contributed by atoms with E-state index >= 15 is 0 Å². The molecule has 8 nitrogen and oxygen atoms in total. The van der Waals surface area contributed by atoms with Gasteiger partial charge in [0.2, 0.25) is 5.91 Å². The summed E-state index contributed by atoms with van der Waals surface area (Å²) in [5.41, 5.74) is 3.32. The van der Waals surface area contributed by atoms with Crippen molar-refractivity contribution < 1.29 is 29.0 Å². The van der Waals surface area contributed by atoms with Gasteiger partial charge in [-0.2, -0.15) is 0 Å². The van der Waals surface area contributed by atoms with Crippen LogP contribution in [0.5, 0.6) is 0 Å². The first kappa shape index (κ1) is 24.7. The van der Waals surface area contributed by atoms with Gasteiger partial charge in [-0.1, -0.05) is 61.9 Å². The van der Waals surface area contributed by atoms with Crippen molar-refractivity contribution in [2.75, 3.05) is 19.8 Å². The molecule has 1 saturated heterocycles. The lowest BCUT2D eigenvalue weighted by Crippen LogP contribution is -2.57. The Hall–Kier alpha value is -3.39. The number of aliphatic carboxylic acids is 1. The summed E-state index contributed by atoms with van der Waals surface area (Å²) in [6.07, 6.45) is 0.0415. The van der Waals surface area contributed by atoms with Gasteiger partial charge >= 0.3 is 12.1 Å². The van der Waals surface area contributed by atoms with Gasteiger partial charge in [-0.25, -0.2) is 9.59 Å². The van der Waals surface area contributed by atoms with Crippen LogP contribution in [0.3, 0.4) is 0 Å². The Labute approximate surface area is 205 Å². The molecule has 2 aliphatic rings. The molecule has 1 fully saturated rings. The van der Waals surface area contributed by atoms with Crippen molar-refractivity contribution in [3.8, 4) is 11.1 Å². The van der Waals surface area contributed by atoms with Crippen LogP contribution in [-0.4, -0.2) is 54.5 Å². The Morgan fingerprint density at radius 1 is 1.09 bits per heavy atom. The minimum absolute atomic E-state index is 0.0743. The van der Waals surface area contributed by atoms with Crippen molar-refractivity contribution in [3.63, 3.8) is 0 Å². The molecule has 0 aromatic heterocycles. The van der Waals surface area contributed by atoms with Crippen LogP contribution in [0, 0.1) is 5.92 Å². The fourth-order valence-electron chi connectivity index (χ4n) is 5.13. The van der Waals surface area contributed by atoms with Gasteiger partial charge < -0.3 is 25.2 Å². The third-order valence-corrected chi connectivity index (χ3v) is 6.96. The Bertz CT molecular complexity index is 1060. The lowest BCUT2D eigenvalue weighted by atomic mass is 9.94. The summed E-state index contributed by atoms with van der Waals surface area (Å²) >= 11 is 0. The van der Waals surface area contributed by atoms with Gasteiger partial charge in [0.25, 0.3) is 0 Å². The molecule has 0 radical (unpaired) electrons. The second-order valence-electron chi connectivity index (χ2n) is 9.42. The van der Waals surface area contributed by atoms with E-state index in [9.17, 15) is 19.5 Å². The number of ether oxygens (including phenoxy) is 2. The predicted molar refractivity (Wildman–Crippen MR) is 130 cm³/mol. The molecule has 0 saturated carbocycles. The van der Waals surface area contributed by atoms with Gasteiger partial charge in [0.1, 0.15) is 12.1 Å². The highest BCUT2D eigenvalue weighted by Crippen LogP contribution is 2.44. The standard InChI is InChI=1S/C27H32N2O6/c1-3-13-27(2,25(32)28-15-17-12-14-34-23(17)24(30)31)29-26(33)35-16-22-20-10-6-4-8-18(20)19-9-5-7-11-21(19)22/h4-11,17,22-23H,3,12-16H2,1-2H3,(H,28,32)(H,29,33)(H,30,31)/t17-,23-,27?/m1/s1. The highest BCUT2D eigenvalue weighted by atomic mass is 16.5. The van der Waals surface area contributed by atoms with E-state index in [1.807, 2.05) is 43.3 Å². The van der Waals surface area contributed by atoms with E-state index < -0.39 is 23.7 Å². The SMILES string of the molecule is CCCC(C)(NC(=O)OCC1c2ccccc2-c2ccccc21)C(=O)NC[C@H]1CCO[C@H]1C(=O)O. The van der Waals surface area contributed by atoms with Gasteiger partial charge in [0, 0.05) is 25.0 Å². The normalized spacial score (nSPS) is 20.4. The molecule has 35 heavy (non-hydrogen) atoms. The van der Waals surface area contributed by atoms with Crippen LogP contribution in [0.25, 0.3) is 11.1 Å². The summed E-state index contributed by atoms with van der Waals surface area (Å²) in [6.45, 7) is 4.26. The van der Waals surface area contributed by atoms with Crippen molar-refractivity contribution in [2.45, 2.75) is 50.7 Å². The summed E-state index contributed by atoms with van der Waals surface area (Å²) in [6, 6.07) is 16.2. The molecule has 0 spiro atoms. The number of hydrogen-bond donors (Lipinski definition) is 3. The molecule has 3 N–H and O–H groups in total. The topological polar surface area (TPSA) is 114 Å². The number of carbonyl (C=O) groups excluding carboxylic acids is 2. The fourth-order valence-corrected chi connectivity index (χ4v) is 5.13. The quantitative estimate of drug-likeness (QED) is 0.504. The molecule has 186 valence electrons. The molecule has 8 heteroatoms. The minimum Gasteiger partial charge on any atom is -0.479 e. The molecule has 1 heterocycles. The Kier molecular flexibility index (Phi) is 7.40. The molecular formula is C27H32N2O6. The maximum atomic E-state index is 13.0. The first-order valence-electron chi connectivity index (χ1n) is 12.1. The molecule has 3 atom stereocenters. The summed E-state index contributed by atoms with van der Waals surface area (Å²) in [7, 11) is 0. The number of nitrogens with one attached hydrogen (secondary N) is 2. The smallest absolute Gasteiger partial charge is 0.408 e. The molecule has 0 bridgehead atoms. The lowest BCUT2D eigenvalue weighted by Gasteiger charge is -2.30. The summed E-state index contributed by atoms with van der Waals surface area (Å²) in [5.74, 6) is -1.79. The average Bonchev–Trinajstić information content (AvgIpc) is 3.44. The second kappa shape index (κ2) is 10.5. The number of rotatable bonds is 9. The number of carbonyl (C=O) groups is 3. The van der Waals surface area contributed by atoms with E-state index in [2.05, 4.69) is 22.8 Å². The van der Waals surface area contributed by atoms with Gasteiger partial charge in [0.05, 0.1) is 0 Å². The largest absolute Gasteiger partial charge is 0.479 e. The van der Waals surface area contributed by atoms with Crippen molar-refractivity contribution >= 4 is 18.0 Å². The van der Waals surface area contributed by atoms with Crippen LogP contribution in [-0.2, 0) is 19.1 Å². The van der Waals surface area contributed by atoms with E-state index in [0.717, 1.165) is 22.3 Å². The highest BCUT2D eigenvalue weighted by Gasteiger charge is 2.38. The molecule has 4 rings (SSSR count). The second-order valence-corrected chi connectivity index (χ2v) is 9.42. The van der Waals surface area contributed by atoms with E-state index in [1.54, 1.807) is 6.92 Å². The number of carboxylic acid groups (broad SMARTS) is 1. The van der Waals surface area contributed by atoms with Crippen LogP contribution in [0.4, 0.5) is 4.79 Å². The van der Waals surface area contributed by atoms with Crippen LogP contribution < -0.4 is 10.6 Å². The third kappa shape index (κ3) is 5.17. The maximum Gasteiger partial charge on any atom is 0.408 e. The number of fused-ring (bicyclic) bond motifs is 3. The van der Waals surface area contributed by atoms with E-state index in [1.165, 1.54) is 0 Å². The number of carboxylic acids is 1. The maximum absolute atomic E-state index is 13.0. The highest BCUT2D eigenvalue weighted by molar-refractivity contribution is 5.89. The van der Waals surface area contributed by atoms with Crippen LogP contribution in [0.2, 0.25) is 0 Å². The van der Waals surface area contributed by atoms with Crippen LogP contribution in [0.1, 0.15) is 50.2 Å². The molecular weight excluding hydrogens is 448 g/mol. The molecule has 1 aliphatic heterocycles. The predicted octanol–water partition coefficient (Wildman–Crippen LogP) is 3.69. The average molecular weight is 481 g/mol. The zero-order valence-corrected chi connectivity index (χ0v) is 20.1. The molecule has 2 amide bonds. The van der Waals surface area contributed by atoms with Crippen molar-refractivity contribution in [2.24, 2.45) is 5.92 Å².